The molecule has 2 N–H and O–H groups in total. The Morgan fingerprint density at radius 3 is 2.18 bits per heavy atom. The van der Waals surface area contributed by atoms with E-state index in [1.807, 2.05) is 30.3 Å². The lowest BCUT2D eigenvalue weighted by Gasteiger charge is -2.44. The molecular weight excluding hydrogens is 354 g/mol. The minimum Gasteiger partial charge on any atom is -0.381 e. The number of anilines is 2. The van der Waals surface area contributed by atoms with E-state index in [2.05, 4.69) is 15.5 Å². The molecule has 0 radical (unpaired) electrons. The first-order valence-electron chi connectivity index (χ1n) is 9.78. The fraction of sp³-hybridized carbons (Fsp3) is 0.364. The Labute approximate surface area is 164 Å². The van der Waals surface area contributed by atoms with Crippen LogP contribution in [-0.2, 0) is 9.53 Å². The number of nitrogens with zero attached hydrogens (tertiary/aromatic N) is 1. The summed E-state index contributed by atoms with van der Waals surface area (Å²) in [6.45, 7) is 3.27. The Hall–Kier alpha value is -2.70. The topological polar surface area (TPSA) is 70.7 Å². The SMILES string of the molecule is O=C(Nc1ccccc1)c1ccc(NC(=O)C2CN(C3CCOCC3)C2)cc1. The van der Waals surface area contributed by atoms with Crippen LogP contribution in [0.15, 0.2) is 54.6 Å². The number of hydrogen-bond donors (Lipinski definition) is 2. The molecule has 2 fully saturated rings. The maximum Gasteiger partial charge on any atom is 0.255 e. The third-order valence-corrected chi connectivity index (χ3v) is 5.43. The number of carbonyl (C=O) groups is 2. The van der Waals surface area contributed by atoms with E-state index in [0.717, 1.165) is 44.8 Å². The number of carbonyl (C=O) groups excluding carboxylic acids is 2. The molecule has 0 spiro atoms. The largest absolute Gasteiger partial charge is 0.381 e. The van der Waals surface area contributed by atoms with Crippen molar-refractivity contribution in [2.45, 2.75) is 18.9 Å². The number of rotatable bonds is 5. The summed E-state index contributed by atoms with van der Waals surface area (Å²) in [4.78, 5) is 27.1. The number of ether oxygens (including phenoxy) is 1. The van der Waals surface area contributed by atoms with Gasteiger partial charge in [-0.3, -0.25) is 14.5 Å². The third-order valence-electron chi connectivity index (χ3n) is 5.43. The van der Waals surface area contributed by atoms with Crippen LogP contribution in [0.1, 0.15) is 23.2 Å². The summed E-state index contributed by atoms with van der Waals surface area (Å²) in [7, 11) is 0. The Morgan fingerprint density at radius 2 is 1.50 bits per heavy atom. The van der Waals surface area contributed by atoms with Gasteiger partial charge in [0.05, 0.1) is 5.92 Å². The van der Waals surface area contributed by atoms with Crippen LogP contribution in [0.2, 0.25) is 0 Å². The monoisotopic (exact) mass is 379 g/mol. The second-order valence-electron chi connectivity index (χ2n) is 7.38. The molecule has 4 rings (SSSR count). The molecule has 0 aliphatic carbocycles. The molecule has 0 saturated carbocycles. The van der Waals surface area contributed by atoms with Crippen LogP contribution in [0.3, 0.4) is 0 Å². The van der Waals surface area contributed by atoms with Crippen molar-refractivity contribution < 1.29 is 14.3 Å². The first kappa shape index (κ1) is 18.7. The second kappa shape index (κ2) is 8.54. The van der Waals surface area contributed by atoms with Crippen LogP contribution >= 0.6 is 0 Å². The van der Waals surface area contributed by atoms with Gasteiger partial charge in [-0.25, -0.2) is 0 Å². The molecule has 0 aromatic heterocycles. The van der Waals surface area contributed by atoms with Gasteiger partial charge in [-0.05, 0) is 49.2 Å². The van der Waals surface area contributed by atoms with Gasteiger partial charge >= 0.3 is 0 Å². The molecule has 0 unspecified atom stereocenters. The van der Waals surface area contributed by atoms with Crippen LogP contribution in [-0.4, -0.2) is 49.1 Å². The fourth-order valence-corrected chi connectivity index (χ4v) is 3.70. The summed E-state index contributed by atoms with van der Waals surface area (Å²) >= 11 is 0. The van der Waals surface area contributed by atoms with Gasteiger partial charge < -0.3 is 15.4 Å². The van der Waals surface area contributed by atoms with Crippen molar-refractivity contribution in [3.63, 3.8) is 0 Å². The van der Waals surface area contributed by atoms with Crippen molar-refractivity contribution >= 4 is 23.2 Å². The summed E-state index contributed by atoms with van der Waals surface area (Å²) in [5, 5.41) is 5.81. The number of hydrogen-bond acceptors (Lipinski definition) is 4. The first-order valence-corrected chi connectivity index (χ1v) is 9.78. The van der Waals surface area contributed by atoms with E-state index in [0.29, 0.717) is 17.3 Å². The Bertz CT molecular complexity index is 811. The van der Waals surface area contributed by atoms with Crippen molar-refractivity contribution in [1.82, 2.24) is 4.90 Å². The normalized spacial score (nSPS) is 18.3. The van der Waals surface area contributed by atoms with Gasteiger partial charge in [-0.2, -0.15) is 0 Å². The van der Waals surface area contributed by atoms with Crippen molar-refractivity contribution in [2.24, 2.45) is 5.92 Å². The van der Waals surface area contributed by atoms with E-state index >= 15 is 0 Å². The standard InChI is InChI=1S/C22H25N3O3/c26-21(23-18-4-2-1-3-5-18)16-6-8-19(9-7-16)24-22(27)17-14-25(15-17)20-10-12-28-13-11-20/h1-9,17,20H,10-15H2,(H,23,26)(H,24,27). The Kier molecular flexibility index (Phi) is 5.69. The smallest absolute Gasteiger partial charge is 0.255 e. The van der Waals surface area contributed by atoms with Gasteiger partial charge in [0, 0.05) is 49.3 Å². The van der Waals surface area contributed by atoms with Crippen LogP contribution in [0.5, 0.6) is 0 Å². The molecule has 28 heavy (non-hydrogen) atoms. The molecule has 2 saturated heterocycles. The zero-order chi connectivity index (χ0) is 19.3. The number of likely N-dealkylation sites (tertiary alicyclic amines) is 1. The Balaban J connectivity index is 1.26. The summed E-state index contributed by atoms with van der Waals surface area (Å²) in [6.07, 6.45) is 2.11. The molecule has 2 amide bonds. The second-order valence-corrected chi connectivity index (χ2v) is 7.38. The van der Waals surface area contributed by atoms with Crippen LogP contribution < -0.4 is 10.6 Å². The minimum absolute atomic E-state index is 0.0314. The van der Waals surface area contributed by atoms with E-state index in [1.54, 1.807) is 24.3 Å². The summed E-state index contributed by atoms with van der Waals surface area (Å²) < 4.78 is 5.40. The quantitative estimate of drug-likeness (QED) is 0.838. The van der Waals surface area contributed by atoms with Crippen LogP contribution in [0.4, 0.5) is 11.4 Å². The lowest BCUT2D eigenvalue weighted by Crippen LogP contribution is -2.57. The maximum absolute atomic E-state index is 12.4. The molecule has 0 bridgehead atoms. The van der Waals surface area contributed by atoms with Gasteiger partial charge in [0.2, 0.25) is 5.91 Å². The number of para-hydroxylation sites is 1. The van der Waals surface area contributed by atoms with Crippen LogP contribution in [0.25, 0.3) is 0 Å². The van der Waals surface area contributed by atoms with E-state index < -0.39 is 0 Å². The number of benzene rings is 2. The van der Waals surface area contributed by atoms with Crippen molar-refractivity contribution in [1.29, 1.82) is 0 Å². The minimum atomic E-state index is -0.171. The van der Waals surface area contributed by atoms with Gasteiger partial charge in [-0.1, -0.05) is 18.2 Å². The zero-order valence-corrected chi connectivity index (χ0v) is 15.8. The molecule has 6 nitrogen and oxygen atoms in total. The summed E-state index contributed by atoms with van der Waals surface area (Å²) in [5.41, 5.74) is 2.02. The molecule has 2 heterocycles. The molecule has 0 atom stereocenters. The first-order chi connectivity index (χ1) is 13.7. The van der Waals surface area contributed by atoms with E-state index in [1.165, 1.54) is 0 Å². The molecule has 2 aromatic carbocycles. The van der Waals surface area contributed by atoms with Gasteiger partial charge in [0.25, 0.3) is 5.91 Å². The fourth-order valence-electron chi connectivity index (χ4n) is 3.70. The molecular formula is C22H25N3O3. The van der Waals surface area contributed by atoms with Crippen molar-refractivity contribution in [2.75, 3.05) is 36.9 Å². The van der Waals surface area contributed by atoms with Gasteiger partial charge in [-0.15, -0.1) is 0 Å². The highest BCUT2D eigenvalue weighted by molar-refractivity contribution is 6.04. The highest BCUT2D eigenvalue weighted by Crippen LogP contribution is 2.25. The van der Waals surface area contributed by atoms with E-state index in [-0.39, 0.29) is 17.7 Å². The van der Waals surface area contributed by atoms with Crippen molar-refractivity contribution in [3.05, 3.63) is 60.2 Å². The van der Waals surface area contributed by atoms with E-state index in [4.69, 9.17) is 4.74 Å². The predicted octanol–water partition coefficient (Wildman–Crippen LogP) is 2.99. The zero-order valence-electron chi connectivity index (χ0n) is 15.8. The summed E-state index contributed by atoms with van der Waals surface area (Å²) in [5.74, 6) is -0.0936. The molecule has 2 aliphatic heterocycles. The lowest BCUT2D eigenvalue weighted by molar-refractivity contribution is -0.127. The predicted molar refractivity (Wildman–Crippen MR) is 108 cm³/mol. The Morgan fingerprint density at radius 1 is 0.857 bits per heavy atom. The van der Waals surface area contributed by atoms with E-state index in [9.17, 15) is 9.59 Å². The van der Waals surface area contributed by atoms with Gasteiger partial charge in [0.15, 0.2) is 0 Å². The number of amides is 2. The molecule has 2 aliphatic rings. The maximum atomic E-state index is 12.4. The average Bonchev–Trinajstić information content (AvgIpc) is 2.69. The summed E-state index contributed by atoms with van der Waals surface area (Å²) in [6, 6.07) is 16.9. The third kappa shape index (κ3) is 4.40. The van der Waals surface area contributed by atoms with Gasteiger partial charge in [0.1, 0.15) is 0 Å². The van der Waals surface area contributed by atoms with Crippen molar-refractivity contribution in [3.8, 4) is 0 Å². The highest BCUT2D eigenvalue weighted by Gasteiger charge is 2.37. The lowest BCUT2D eigenvalue weighted by atomic mass is 9.93. The molecule has 6 heteroatoms. The average molecular weight is 379 g/mol. The highest BCUT2D eigenvalue weighted by atomic mass is 16.5. The molecule has 2 aromatic rings. The molecule has 146 valence electrons. The van der Waals surface area contributed by atoms with Crippen LogP contribution in [0, 0.1) is 5.92 Å². The number of nitrogens with one attached hydrogen (secondary N) is 2.